The normalized spacial score (nSPS) is 16.3. The van der Waals surface area contributed by atoms with Crippen LogP contribution in [0.2, 0.25) is 0 Å². The maximum atomic E-state index is 10.0. The number of ether oxygens (including phenoxy) is 2. The molecule has 0 spiro atoms. The molecule has 0 aliphatic carbocycles. The average Bonchev–Trinajstić information content (AvgIpc) is 2.72. The Balaban J connectivity index is 0.00000162. The van der Waals surface area contributed by atoms with E-state index >= 15 is 0 Å². The third-order valence-electron chi connectivity index (χ3n) is 2.90. The van der Waals surface area contributed by atoms with Crippen LogP contribution >= 0.6 is 28.3 Å². The molecule has 0 saturated heterocycles. The number of benzene rings is 1. The lowest BCUT2D eigenvalue weighted by Gasteiger charge is -2.23. The number of hydrogen-bond donors (Lipinski definition) is 2. The number of nitrogens with two attached hydrogens (primary N) is 1. The Morgan fingerprint density at radius 2 is 1.83 bits per heavy atom. The molecular weight excluding hydrogens is 321 g/mol. The van der Waals surface area contributed by atoms with Crippen molar-refractivity contribution < 1.29 is 14.6 Å². The fourth-order valence-electron chi connectivity index (χ4n) is 1.79. The van der Waals surface area contributed by atoms with Gasteiger partial charge < -0.3 is 20.3 Å². The van der Waals surface area contributed by atoms with Gasteiger partial charge in [-0.05, 0) is 23.6 Å². The summed E-state index contributed by atoms with van der Waals surface area (Å²) in [5.41, 5.74) is 6.89. The van der Waals surface area contributed by atoms with Gasteiger partial charge in [-0.3, -0.25) is 0 Å². The first-order valence-electron chi connectivity index (χ1n) is 5.53. The van der Waals surface area contributed by atoms with Gasteiger partial charge in [-0.1, -0.05) is 29.8 Å². The molecular formula is C12H17BrClNO3. The molecule has 0 fully saturated rings. The molecule has 1 aliphatic rings. The summed E-state index contributed by atoms with van der Waals surface area (Å²) in [6.45, 7) is 4.10. The highest BCUT2D eigenvalue weighted by Crippen LogP contribution is 2.39. The lowest BCUT2D eigenvalue weighted by molar-refractivity contribution is 0.0976. The zero-order valence-electron chi connectivity index (χ0n) is 10.2. The molecule has 4 nitrogen and oxygen atoms in total. The third kappa shape index (κ3) is 2.91. The van der Waals surface area contributed by atoms with Crippen LogP contribution in [0.4, 0.5) is 0 Å². The highest BCUT2D eigenvalue weighted by molar-refractivity contribution is 9.10. The lowest BCUT2D eigenvalue weighted by atomic mass is 9.94. The molecule has 0 saturated carbocycles. The van der Waals surface area contributed by atoms with Crippen molar-refractivity contribution >= 4 is 28.3 Å². The predicted molar refractivity (Wildman–Crippen MR) is 75.3 cm³/mol. The lowest BCUT2D eigenvalue weighted by Crippen LogP contribution is -2.30. The first-order valence-corrected chi connectivity index (χ1v) is 6.32. The van der Waals surface area contributed by atoms with Crippen molar-refractivity contribution in [1.29, 1.82) is 0 Å². The minimum Gasteiger partial charge on any atom is -0.454 e. The second kappa shape index (κ2) is 6.10. The van der Waals surface area contributed by atoms with Crippen LogP contribution in [-0.4, -0.2) is 18.0 Å². The van der Waals surface area contributed by atoms with E-state index in [1.54, 1.807) is 0 Å². The number of hydrogen-bond acceptors (Lipinski definition) is 4. The molecule has 1 aromatic rings. The number of aliphatic hydroxyl groups is 1. The molecule has 2 atom stereocenters. The predicted octanol–water partition coefficient (Wildman–Crippen LogP) is 2.62. The summed E-state index contributed by atoms with van der Waals surface area (Å²) in [5, 5.41) is 10.0. The van der Waals surface area contributed by atoms with Crippen molar-refractivity contribution in [2.45, 2.75) is 26.0 Å². The Morgan fingerprint density at radius 1 is 1.28 bits per heavy atom. The Morgan fingerprint density at radius 3 is 2.39 bits per heavy atom. The first-order chi connectivity index (χ1) is 8.00. The van der Waals surface area contributed by atoms with Gasteiger partial charge in [-0.15, -0.1) is 12.4 Å². The number of halogens is 2. The molecule has 0 radical (unpaired) electrons. The van der Waals surface area contributed by atoms with E-state index in [9.17, 15) is 5.11 Å². The van der Waals surface area contributed by atoms with Gasteiger partial charge in [-0.2, -0.15) is 0 Å². The summed E-state index contributed by atoms with van der Waals surface area (Å²) >= 11 is 3.44. The van der Waals surface area contributed by atoms with Gasteiger partial charge in [0.15, 0.2) is 11.5 Å². The molecule has 2 rings (SSSR count). The van der Waals surface area contributed by atoms with E-state index in [1.807, 2.05) is 26.0 Å². The Hall–Kier alpha value is -0.490. The molecule has 0 bridgehead atoms. The third-order valence-corrected chi connectivity index (χ3v) is 3.59. The maximum absolute atomic E-state index is 10.0. The van der Waals surface area contributed by atoms with Gasteiger partial charge in [0.25, 0.3) is 0 Å². The largest absolute Gasteiger partial charge is 0.454 e. The van der Waals surface area contributed by atoms with Crippen LogP contribution in [0.1, 0.15) is 25.5 Å². The number of aliphatic hydroxyl groups excluding tert-OH is 1. The number of fused-ring (bicyclic) bond motifs is 1. The second-order valence-corrected chi connectivity index (χ2v) is 5.34. The van der Waals surface area contributed by atoms with Gasteiger partial charge in [0.1, 0.15) is 0 Å². The van der Waals surface area contributed by atoms with Crippen molar-refractivity contribution in [3.63, 3.8) is 0 Å². The van der Waals surface area contributed by atoms with Crippen LogP contribution in [-0.2, 0) is 0 Å². The van der Waals surface area contributed by atoms with Gasteiger partial charge >= 0.3 is 0 Å². The molecule has 1 aliphatic heterocycles. The SMILES string of the molecule is CC(C)[C@@H](O)[C@@H](N)c1cc2c(cc1Br)OCO2.Cl. The standard InChI is InChI=1S/C12H16BrNO3.ClH/c1-6(2)12(15)11(14)7-3-9-10(4-8(7)13)17-5-16-9;/h3-4,6,11-12,15H,5,14H2,1-2H3;1H/t11-,12+;/m0./s1. The van der Waals surface area contributed by atoms with Crippen LogP contribution in [0.15, 0.2) is 16.6 Å². The van der Waals surface area contributed by atoms with E-state index in [0.717, 1.165) is 10.0 Å². The van der Waals surface area contributed by atoms with Gasteiger partial charge in [0.05, 0.1) is 12.1 Å². The molecule has 18 heavy (non-hydrogen) atoms. The molecule has 0 aromatic heterocycles. The van der Waals surface area contributed by atoms with E-state index < -0.39 is 12.1 Å². The molecule has 3 N–H and O–H groups in total. The Bertz CT molecular complexity index is 428. The summed E-state index contributed by atoms with van der Waals surface area (Å²) in [5.74, 6) is 1.48. The Kier molecular flexibility index (Phi) is 5.28. The number of rotatable bonds is 3. The van der Waals surface area contributed by atoms with Crippen LogP contribution in [0.3, 0.4) is 0 Å². The zero-order valence-corrected chi connectivity index (χ0v) is 12.6. The molecule has 0 unspecified atom stereocenters. The van der Waals surface area contributed by atoms with E-state index in [-0.39, 0.29) is 25.1 Å². The first kappa shape index (κ1) is 15.6. The minimum atomic E-state index is -0.591. The topological polar surface area (TPSA) is 64.7 Å². The minimum absolute atomic E-state index is 0. The summed E-state index contributed by atoms with van der Waals surface area (Å²) in [6, 6.07) is 3.20. The van der Waals surface area contributed by atoms with Crippen LogP contribution in [0.25, 0.3) is 0 Å². The van der Waals surface area contributed by atoms with E-state index in [1.165, 1.54) is 0 Å². The van der Waals surface area contributed by atoms with Crippen molar-refractivity contribution in [2.24, 2.45) is 11.7 Å². The van der Waals surface area contributed by atoms with Crippen molar-refractivity contribution in [3.8, 4) is 11.5 Å². The maximum Gasteiger partial charge on any atom is 0.231 e. The van der Waals surface area contributed by atoms with Crippen molar-refractivity contribution in [3.05, 3.63) is 22.2 Å². The monoisotopic (exact) mass is 337 g/mol. The fraction of sp³-hybridized carbons (Fsp3) is 0.500. The quantitative estimate of drug-likeness (QED) is 0.889. The summed E-state index contributed by atoms with van der Waals surface area (Å²) in [6.07, 6.45) is -0.591. The van der Waals surface area contributed by atoms with Gasteiger partial charge in [0.2, 0.25) is 6.79 Å². The van der Waals surface area contributed by atoms with Gasteiger partial charge in [-0.25, -0.2) is 0 Å². The Labute approximate surface area is 121 Å². The van der Waals surface area contributed by atoms with Gasteiger partial charge in [0, 0.05) is 4.47 Å². The van der Waals surface area contributed by atoms with Crippen molar-refractivity contribution in [2.75, 3.05) is 6.79 Å². The molecule has 0 amide bonds. The van der Waals surface area contributed by atoms with E-state index in [2.05, 4.69) is 15.9 Å². The smallest absolute Gasteiger partial charge is 0.231 e. The second-order valence-electron chi connectivity index (χ2n) is 4.49. The highest BCUT2D eigenvalue weighted by Gasteiger charge is 2.25. The van der Waals surface area contributed by atoms with E-state index in [0.29, 0.717) is 11.5 Å². The molecule has 102 valence electrons. The molecule has 1 heterocycles. The highest BCUT2D eigenvalue weighted by atomic mass is 79.9. The van der Waals surface area contributed by atoms with E-state index in [4.69, 9.17) is 15.2 Å². The average molecular weight is 339 g/mol. The van der Waals surface area contributed by atoms with Crippen molar-refractivity contribution in [1.82, 2.24) is 0 Å². The summed E-state index contributed by atoms with van der Waals surface area (Å²) in [7, 11) is 0. The van der Waals surface area contributed by atoms with Crippen LogP contribution in [0.5, 0.6) is 11.5 Å². The summed E-state index contributed by atoms with van der Waals surface area (Å²) in [4.78, 5) is 0. The zero-order chi connectivity index (χ0) is 12.6. The van der Waals surface area contributed by atoms with Crippen LogP contribution in [0, 0.1) is 5.92 Å². The molecule has 6 heteroatoms. The molecule has 1 aromatic carbocycles. The summed E-state index contributed by atoms with van der Waals surface area (Å²) < 4.78 is 11.4. The fourth-order valence-corrected chi connectivity index (χ4v) is 2.37. The van der Waals surface area contributed by atoms with Crippen LogP contribution < -0.4 is 15.2 Å².